The summed E-state index contributed by atoms with van der Waals surface area (Å²) in [6.45, 7) is 1.10. The van der Waals surface area contributed by atoms with Gasteiger partial charge in [0, 0.05) is 14.3 Å². The van der Waals surface area contributed by atoms with Gasteiger partial charge in [-0.2, -0.15) is 8.42 Å². The molecule has 0 radical (unpaired) electrons. The first-order valence-electron chi connectivity index (χ1n) is 7.87. The zero-order valence-electron chi connectivity index (χ0n) is 15.7. The molecule has 0 spiro atoms. The van der Waals surface area contributed by atoms with E-state index in [9.17, 15) is 0 Å². The average Bonchev–Trinajstić information content (AvgIpc) is 2.63. The van der Waals surface area contributed by atoms with Crippen LogP contribution in [0.4, 0.5) is 0 Å². The van der Waals surface area contributed by atoms with Crippen LogP contribution in [0.15, 0.2) is 46.4 Å². The summed E-state index contributed by atoms with van der Waals surface area (Å²) in [5.41, 5.74) is 23.2. The number of halogens is 4. The lowest BCUT2D eigenvalue weighted by Gasteiger charge is -2.00. The molecule has 0 unspecified atom stereocenters. The summed E-state index contributed by atoms with van der Waals surface area (Å²) < 4.78 is 36.5. The van der Waals surface area contributed by atoms with E-state index in [0.717, 1.165) is 11.1 Å². The van der Waals surface area contributed by atoms with Crippen molar-refractivity contribution >= 4 is 113 Å². The maximum atomic E-state index is 8.74. The van der Waals surface area contributed by atoms with Crippen LogP contribution in [-0.2, 0) is 23.5 Å². The Labute approximate surface area is 235 Å². The summed E-state index contributed by atoms with van der Waals surface area (Å²) >= 11 is 9.16. The smallest absolute Gasteiger partial charge is 0.370 e. The van der Waals surface area contributed by atoms with E-state index in [2.05, 4.69) is 125 Å². The molecule has 2 rings (SSSR count). The minimum atomic E-state index is -4.67. The van der Waals surface area contributed by atoms with Crippen LogP contribution in [0.1, 0.15) is 11.1 Å². The monoisotopic (exact) mass is 900 g/mol. The number of nitrogens with two attached hydrogens (primary N) is 4. The number of aliphatic imine (C=N–C) groups is 2. The van der Waals surface area contributed by atoms with Crippen LogP contribution < -0.4 is 22.9 Å². The molecule has 0 aliphatic heterocycles. The van der Waals surface area contributed by atoms with Crippen molar-refractivity contribution in [3.05, 3.63) is 61.8 Å². The number of hydrogen-bond donors (Lipinski definition) is 6. The van der Waals surface area contributed by atoms with Crippen LogP contribution >= 0.6 is 90.4 Å². The lowest BCUT2D eigenvalue weighted by Crippen LogP contribution is -2.22. The first-order chi connectivity index (χ1) is 14.2. The van der Waals surface area contributed by atoms with E-state index >= 15 is 0 Å². The first kappa shape index (κ1) is 30.8. The van der Waals surface area contributed by atoms with Gasteiger partial charge in [-0.3, -0.25) is 9.11 Å². The van der Waals surface area contributed by atoms with Gasteiger partial charge in [0.1, 0.15) is 0 Å². The van der Waals surface area contributed by atoms with E-state index < -0.39 is 10.4 Å². The maximum Gasteiger partial charge on any atom is 0.394 e. The van der Waals surface area contributed by atoms with Crippen molar-refractivity contribution < 1.29 is 17.5 Å². The van der Waals surface area contributed by atoms with Crippen molar-refractivity contribution in [2.75, 3.05) is 0 Å². The quantitative estimate of drug-likeness (QED) is 0.116. The molecule has 0 saturated heterocycles. The van der Waals surface area contributed by atoms with E-state index in [1.54, 1.807) is 0 Å². The standard InChI is InChI=1S/2C8H9I2N3.H2O4S/c2*9-6-2-1-5(3-7(6)10)4-13-8(11)12;1-5(2,3)4/h2*1-3H,4H2,(H4,11,12,13);(H2,1,2,3,4). The van der Waals surface area contributed by atoms with Crippen LogP contribution in [0.2, 0.25) is 0 Å². The Hall–Kier alpha value is -0.230. The highest BCUT2D eigenvalue weighted by molar-refractivity contribution is 14.1. The van der Waals surface area contributed by atoms with E-state index in [0.29, 0.717) is 13.1 Å². The highest BCUT2D eigenvalue weighted by Gasteiger charge is 1.98. The third kappa shape index (κ3) is 17.9. The Morgan fingerprint density at radius 2 is 1.00 bits per heavy atom. The molecule has 0 saturated carbocycles. The summed E-state index contributed by atoms with van der Waals surface area (Å²) in [7, 11) is -4.67. The second-order valence-corrected chi connectivity index (χ2v) is 11.0. The Morgan fingerprint density at radius 3 is 1.23 bits per heavy atom. The number of nitrogens with zero attached hydrogens (tertiary/aromatic N) is 2. The lowest BCUT2D eigenvalue weighted by molar-refractivity contribution is 0.381. The van der Waals surface area contributed by atoms with Gasteiger partial charge >= 0.3 is 10.4 Å². The Kier molecular flexibility index (Phi) is 15.5. The van der Waals surface area contributed by atoms with Gasteiger partial charge in [0.2, 0.25) is 0 Å². The van der Waals surface area contributed by atoms with Crippen LogP contribution in [0.5, 0.6) is 0 Å². The van der Waals surface area contributed by atoms with Crippen LogP contribution in [-0.4, -0.2) is 29.4 Å². The number of hydrogen-bond acceptors (Lipinski definition) is 4. The second kappa shape index (κ2) is 15.6. The lowest BCUT2D eigenvalue weighted by atomic mass is 10.2. The van der Waals surface area contributed by atoms with Gasteiger partial charge in [0.05, 0.1) is 13.1 Å². The van der Waals surface area contributed by atoms with Gasteiger partial charge in [-0.25, -0.2) is 9.98 Å². The van der Waals surface area contributed by atoms with Crippen molar-refractivity contribution in [2.24, 2.45) is 32.9 Å². The minimum absolute atomic E-state index is 0.133. The molecule has 0 amide bonds. The number of rotatable bonds is 4. The molecule has 10 nitrogen and oxygen atoms in total. The zero-order chi connectivity index (χ0) is 24.2. The van der Waals surface area contributed by atoms with Gasteiger partial charge in [-0.05, 0) is 126 Å². The zero-order valence-corrected chi connectivity index (χ0v) is 25.2. The topological polar surface area (TPSA) is 203 Å². The molecule has 31 heavy (non-hydrogen) atoms. The Bertz CT molecular complexity index is 951. The van der Waals surface area contributed by atoms with Gasteiger partial charge in [0.15, 0.2) is 11.9 Å². The van der Waals surface area contributed by atoms with Gasteiger partial charge < -0.3 is 22.9 Å². The molecular weight excluding hydrogens is 880 g/mol. The molecule has 0 aliphatic carbocycles. The summed E-state index contributed by atoms with van der Waals surface area (Å²) in [5, 5.41) is 0. The normalized spacial score (nSPS) is 10.0. The molecule has 0 bridgehead atoms. The van der Waals surface area contributed by atoms with E-state index in [1.807, 2.05) is 12.1 Å². The first-order valence-corrected chi connectivity index (χ1v) is 13.6. The largest absolute Gasteiger partial charge is 0.394 e. The fraction of sp³-hybridized carbons (Fsp3) is 0.125. The molecule has 2 aromatic rings. The fourth-order valence-electron chi connectivity index (χ4n) is 1.64. The average molecular weight is 900 g/mol. The highest BCUT2D eigenvalue weighted by Crippen LogP contribution is 2.17. The molecule has 172 valence electrons. The fourth-order valence-corrected chi connectivity index (χ4v) is 3.47. The second-order valence-electron chi connectivity index (χ2n) is 5.43. The van der Waals surface area contributed by atoms with Crippen molar-refractivity contribution in [3.8, 4) is 0 Å². The van der Waals surface area contributed by atoms with Crippen molar-refractivity contribution in [1.82, 2.24) is 0 Å². The number of benzene rings is 2. The molecule has 0 fully saturated rings. The molecule has 15 heteroatoms. The van der Waals surface area contributed by atoms with E-state index in [4.69, 9.17) is 40.5 Å². The summed E-state index contributed by atoms with van der Waals surface area (Å²) in [6.07, 6.45) is 0. The van der Waals surface area contributed by atoms with Crippen LogP contribution in [0.25, 0.3) is 0 Å². The van der Waals surface area contributed by atoms with E-state index in [-0.39, 0.29) is 11.9 Å². The van der Waals surface area contributed by atoms with Gasteiger partial charge in [0.25, 0.3) is 0 Å². The van der Waals surface area contributed by atoms with Gasteiger partial charge in [-0.1, -0.05) is 12.1 Å². The minimum Gasteiger partial charge on any atom is -0.370 e. The van der Waals surface area contributed by atoms with Crippen molar-refractivity contribution in [2.45, 2.75) is 13.1 Å². The molecule has 2 aromatic carbocycles. The van der Waals surface area contributed by atoms with Gasteiger partial charge in [-0.15, -0.1) is 0 Å². The molecule has 0 heterocycles. The molecule has 0 aliphatic rings. The third-order valence-electron chi connectivity index (χ3n) is 2.86. The van der Waals surface area contributed by atoms with Crippen LogP contribution in [0.3, 0.4) is 0 Å². The predicted octanol–water partition coefficient (Wildman–Crippen LogP) is 2.69. The summed E-state index contributed by atoms with van der Waals surface area (Å²) in [4.78, 5) is 7.86. The molecule has 0 atom stereocenters. The molecule has 0 aromatic heterocycles. The Morgan fingerprint density at radius 1 is 0.710 bits per heavy atom. The maximum absolute atomic E-state index is 8.74. The summed E-state index contributed by atoms with van der Waals surface area (Å²) in [6, 6.07) is 12.3. The van der Waals surface area contributed by atoms with Crippen molar-refractivity contribution in [1.29, 1.82) is 0 Å². The SMILES string of the molecule is NC(N)=NCc1ccc(I)c(I)c1.NC(N)=NCc1ccc(I)c(I)c1.O=S(=O)(O)O. The molecular formula is C16H20I4N6O4S. The predicted molar refractivity (Wildman–Crippen MR) is 157 cm³/mol. The van der Waals surface area contributed by atoms with Crippen molar-refractivity contribution in [3.63, 3.8) is 0 Å². The Balaban J connectivity index is 0.000000479. The summed E-state index contributed by atoms with van der Waals surface area (Å²) in [5.74, 6) is 0.266. The molecule has 10 N–H and O–H groups in total. The number of guanidine groups is 2. The third-order valence-corrected chi connectivity index (χ3v) is 8.59. The van der Waals surface area contributed by atoms with Crippen LogP contribution in [0, 0.1) is 14.3 Å². The highest BCUT2D eigenvalue weighted by atomic mass is 127. The van der Waals surface area contributed by atoms with E-state index in [1.165, 1.54) is 14.3 Å².